The molecule has 0 aliphatic carbocycles. The van der Waals surface area contributed by atoms with Gasteiger partial charge >= 0.3 is 0 Å². The van der Waals surface area contributed by atoms with Crippen molar-refractivity contribution >= 4 is 39.4 Å². The van der Waals surface area contributed by atoms with Gasteiger partial charge < -0.3 is 14.2 Å². The van der Waals surface area contributed by atoms with E-state index in [9.17, 15) is 4.79 Å². The lowest BCUT2D eigenvalue weighted by Gasteiger charge is -2.19. The fraction of sp³-hybridized carbons (Fsp3) is 0.120. The Morgan fingerprint density at radius 1 is 1.06 bits per heavy atom. The molecule has 2 aliphatic heterocycles. The van der Waals surface area contributed by atoms with Gasteiger partial charge in [0.1, 0.15) is 17.3 Å². The molecule has 0 fully saturated rings. The fourth-order valence-corrected chi connectivity index (χ4v) is 4.06. The Hall–Kier alpha value is -3.58. The van der Waals surface area contributed by atoms with Crippen molar-refractivity contribution in [2.75, 3.05) is 18.3 Å². The Morgan fingerprint density at radius 3 is 2.62 bits per heavy atom. The van der Waals surface area contributed by atoms with Gasteiger partial charge in [-0.3, -0.25) is 9.69 Å². The van der Waals surface area contributed by atoms with E-state index in [2.05, 4.69) is 15.9 Å². The molecule has 0 aromatic heterocycles. The topological polar surface area (TPSA) is 60.4 Å². The summed E-state index contributed by atoms with van der Waals surface area (Å²) < 4.78 is 17.2. The minimum absolute atomic E-state index is 0.199. The molecule has 3 aromatic carbocycles. The fourth-order valence-electron chi connectivity index (χ4n) is 3.60. The number of aliphatic imine (C=N–C) groups is 1. The lowest BCUT2D eigenvalue weighted by molar-refractivity contribution is -0.113. The molecule has 2 aliphatic rings. The predicted octanol–water partition coefficient (Wildman–Crippen LogP) is 5.41. The van der Waals surface area contributed by atoms with Crippen LogP contribution in [-0.2, 0) is 4.79 Å². The summed E-state index contributed by atoms with van der Waals surface area (Å²) in [6, 6.07) is 20.7. The largest absolute Gasteiger partial charge is 0.494 e. The monoisotopic (exact) mass is 490 g/mol. The molecule has 0 saturated carbocycles. The van der Waals surface area contributed by atoms with Crippen LogP contribution in [0.2, 0.25) is 0 Å². The maximum Gasteiger partial charge on any atom is 0.282 e. The van der Waals surface area contributed by atoms with Crippen molar-refractivity contribution in [2.24, 2.45) is 4.99 Å². The highest BCUT2D eigenvalue weighted by molar-refractivity contribution is 9.10. The lowest BCUT2D eigenvalue weighted by Crippen LogP contribution is -2.32. The molecule has 160 valence electrons. The van der Waals surface area contributed by atoms with Crippen LogP contribution in [0.3, 0.4) is 0 Å². The van der Waals surface area contributed by atoms with Gasteiger partial charge in [-0.2, -0.15) is 0 Å². The number of benzene rings is 3. The third-order valence-electron chi connectivity index (χ3n) is 5.08. The van der Waals surface area contributed by atoms with Crippen LogP contribution >= 0.6 is 15.9 Å². The second-order valence-electron chi connectivity index (χ2n) is 7.13. The van der Waals surface area contributed by atoms with Crippen LogP contribution in [0.25, 0.3) is 6.08 Å². The quantitative estimate of drug-likeness (QED) is 0.448. The van der Waals surface area contributed by atoms with E-state index < -0.39 is 0 Å². The molecule has 1 amide bonds. The third-order valence-corrected chi connectivity index (χ3v) is 5.77. The van der Waals surface area contributed by atoms with Gasteiger partial charge in [0.15, 0.2) is 11.5 Å². The van der Waals surface area contributed by atoms with Crippen LogP contribution in [0.1, 0.15) is 18.1 Å². The molecule has 2 heterocycles. The Kier molecular flexibility index (Phi) is 5.41. The van der Waals surface area contributed by atoms with Gasteiger partial charge in [0.05, 0.1) is 12.3 Å². The molecule has 0 bridgehead atoms. The van der Waals surface area contributed by atoms with Crippen molar-refractivity contribution in [3.05, 3.63) is 88.0 Å². The molecule has 7 heteroatoms. The summed E-state index contributed by atoms with van der Waals surface area (Å²) >= 11 is 3.59. The van der Waals surface area contributed by atoms with Gasteiger partial charge in [-0.25, -0.2) is 4.99 Å². The molecule has 3 aromatic rings. The number of halogens is 1. The number of fused-ring (bicyclic) bond motifs is 1. The number of rotatable bonds is 5. The molecule has 0 atom stereocenters. The minimum Gasteiger partial charge on any atom is -0.494 e. The average molecular weight is 491 g/mol. The number of ether oxygens (including phenoxy) is 3. The van der Waals surface area contributed by atoms with Crippen molar-refractivity contribution in [1.82, 2.24) is 0 Å². The zero-order chi connectivity index (χ0) is 22.1. The highest BCUT2D eigenvalue weighted by atomic mass is 79.9. The maximum atomic E-state index is 13.5. The van der Waals surface area contributed by atoms with Crippen molar-refractivity contribution in [3.63, 3.8) is 0 Å². The molecular weight excluding hydrogens is 472 g/mol. The molecule has 5 rings (SSSR count). The molecular formula is C25H19BrN2O4. The zero-order valence-corrected chi connectivity index (χ0v) is 18.8. The van der Waals surface area contributed by atoms with Crippen molar-refractivity contribution < 1.29 is 19.0 Å². The highest BCUT2D eigenvalue weighted by Crippen LogP contribution is 2.35. The lowest BCUT2D eigenvalue weighted by atomic mass is 10.1. The third kappa shape index (κ3) is 3.76. The number of carbonyl (C=O) groups excluding carboxylic acids is 1. The number of carbonyl (C=O) groups is 1. The van der Waals surface area contributed by atoms with Crippen molar-refractivity contribution in [1.29, 1.82) is 0 Å². The highest BCUT2D eigenvalue weighted by Gasteiger charge is 2.33. The summed E-state index contributed by atoms with van der Waals surface area (Å²) in [6.07, 6.45) is 1.76. The predicted molar refractivity (Wildman–Crippen MR) is 126 cm³/mol. The van der Waals surface area contributed by atoms with E-state index in [0.717, 1.165) is 21.3 Å². The number of anilines is 1. The van der Waals surface area contributed by atoms with Crippen LogP contribution in [0.4, 0.5) is 5.69 Å². The summed E-state index contributed by atoms with van der Waals surface area (Å²) in [7, 11) is 0. The normalized spacial score (nSPS) is 15.9. The SMILES string of the molecule is CCOc1ccc(N2C(=O)/C(=C\c3ccc4c(c3)OCO4)N=C2c2ccccc2Br)cc1. The summed E-state index contributed by atoms with van der Waals surface area (Å²) in [5, 5.41) is 0. The van der Waals surface area contributed by atoms with E-state index >= 15 is 0 Å². The number of amidine groups is 1. The summed E-state index contributed by atoms with van der Waals surface area (Å²) in [6.45, 7) is 2.71. The Balaban J connectivity index is 1.57. The standard InChI is InChI=1S/C25H19BrN2O4/c1-2-30-18-10-8-17(9-11-18)28-24(19-5-3-4-6-20(19)26)27-21(25(28)29)13-16-7-12-22-23(14-16)32-15-31-22/h3-14H,2,15H2,1H3/b21-13+. The first-order valence-corrected chi connectivity index (χ1v) is 11.0. The van der Waals surface area contributed by atoms with Gasteiger partial charge in [0.2, 0.25) is 6.79 Å². The van der Waals surface area contributed by atoms with E-state index in [-0.39, 0.29) is 12.7 Å². The summed E-state index contributed by atoms with van der Waals surface area (Å²) in [5.74, 6) is 2.44. The first-order valence-electron chi connectivity index (χ1n) is 10.2. The van der Waals surface area contributed by atoms with Crippen molar-refractivity contribution in [3.8, 4) is 17.2 Å². The number of hydrogen-bond donors (Lipinski definition) is 0. The summed E-state index contributed by atoms with van der Waals surface area (Å²) in [5.41, 5.74) is 2.68. The summed E-state index contributed by atoms with van der Waals surface area (Å²) in [4.78, 5) is 19.8. The number of hydrogen-bond acceptors (Lipinski definition) is 5. The Bertz CT molecular complexity index is 1250. The molecule has 0 radical (unpaired) electrons. The molecule has 0 unspecified atom stereocenters. The first kappa shape index (κ1) is 20.3. The Labute approximate surface area is 193 Å². The Morgan fingerprint density at radius 2 is 1.84 bits per heavy atom. The van der Waals surface area contributed by atoms with Crippen molar-refractivity contribution in [2.45, 2.75) is 6.92 Å². The maximum absolute atomic E-state index is 13.5. The zero-order valence-electron chi connectivity index (χ0n) is 17.2. The van der Waals surface area contributed by atoms with Crippen LogP contribution in [0.5, 0.6) is 17.2 Å². The molecule has 0 saturated heterocycles. The van der Waals surface area contributed by atoms with E-state index in [0.29, 0.717) is 35.3 Å². The van der Waals surface area contributed by atoms with E-state index in [1.165, 1.54) is 0 Å². The van der Waals surface area contributed by atoms with E-state index in [4.69, 9.17) is 19.2 Å². The number of nitrogens with zero attached hydrogens (tertiary/aromatic N) is 2. The average Bonchev–Trinajstić information content (AvgIpc) is 3.39. The van der Waals surface area contributed by atoms with Gasteiger partial charge in [0.25, 0.3) is 5.91 Å². The van der Waals surface area contributed by atoms with Crippen LogP contribution in [-0.4, -0.2) is 25.1 Å². The van der Waals surface area contributed by atoms with Crippen LogP contribution < -0.4 is 19.1 Å². The van der Waals surface area contributed by atoms with E-state index in [1.807, 2.05) is 73.7 Å². The van der Waals surface area contributed by atoms with Gasteiger partial charge in [-0.05, 0) is 61.0 Å². The molecule has 6 nitrogen and oxygen atoms in total. The van der Waals surface area contributed by atoms with Gasteiger partial charge in [0, 0.05) is 10.0 Å². The smallest absolute Gasteiger partial charge is 0.282 e. The first-order chi connectivity index (χ1) is 15.6. The van der Waals surface area contributed by atoms with E-state index in [1.54, 1.807) is 11.0 Å². The molecule has 0 N–H and O–H groups in total. The molecule has 32 heavy (non-hydrogen) atoms. The second kappa shape index (κ2) is 8.51. The molecule has 0 spiro atoms. The van der Waals surface area contributed by atoms with Gasteiger partial charge in [-0.15, -0.1) is 0 Å². The number of amides is 1. The minimum atomic E-state index is -0.211. The van der Waals surface area contributed by atoms with Crippen LogP contribution in [0, 0.1) is 0 Å². The second-order valence-corrected chi connectivity index (χ2v) is 7.98. The van der Waals surface area contributed by atoms with Gasteiger partial charge in [-0.1, -0.05) is 40.2 Å². The van der Waals surface area contributed by atoms with Crippen LogP contribution in [0.15, 0.2) is 81.9 Å².